The zero-order chi connectivity index (χ0) is 23.5. The molecule has 1 saturated heterocycles. The number of imide groups is 1. The highest BCUT2D eigenvalue weighted by Gasteiger charge is 2.47. The molecule has 3 N–H and O–H groups in total. The van der Waals surface area contributed by atoms with E-state index in [9.17, 15) is 27.9 Å². The van der Waals surface area contributed by atoms with Gasteiger partial charge in [0.05, 0.1) is 17.2 Å². The van der Waals surface area contributed by atoms with Gasteiger partial charge >= 0.3 is 6.03 Å². The third-order valence-electron chi connectivity index (χ3n) is 4.77. The lowest BCUT2D eigenvalue weighted by Crippen LogP contribution is -2.58. The Morgan fingerprint density at radius 3 is 2.22 bits per heavy atom. The van der Waals surface area contributed by atoms with E-state index in [2.05, 4.69) is 0 Å². The van der Waals surface area contributed by atoms with Crippen LogP contribution >= 0.6 is 0 Å². The van der Waals surface area contributed by atoms with Crippen LogP contribution < -0.4 is 10.2 Å². The quantitative estimate of drug-likeness (QED) is 0.289. The lowest BCUT2D eigenvalue weighted by molar-refractivity contribution is -0.148. The normalized spacial score (nSPS) is 16.1. The average molecular weight is 463 g/mol. The first-order chi connectivity index (χ1) is 15.1. The molecule has 0 bridgehead atoms. The summed E-state index contributed by atoms with van der Waals surface area (Å²) in [4.78, 5) is 37.6. The highest BCUT2D eigenvalue weighted by molar-refractivity contribution is 7.91. The molecule has 3 rings (SSSR count). The number of ether oxygens (including phenoxy) is 1. The van der Waals surface area contributed by atoms with Gasteiger partial charge in [-0.15, -0.1) is 0 Å². The van der Waals surface area contributed by atoms with Gasteiger partial charge in [0.25, 0.3) is 5.91 Å². The maximum atomic E-state index is 12.9. The van der Waals surface area contributed by atoms with E-state index in [-0.39, 0.29) is 11.4 Å². The lowest BCUT2D eigenvalue weighted by Gasteiger charge is -2.29. The number of nitrogens with one attached hydrogen (secondary N) is 1. The fourth-order valence-electron chi connectivity index (χ4n) is 3.11. The van der Waals surface area contributed by atoms with Gasteiger partial charge in [0.1, 0.15) is 18.0 Å². The van der Waals surface area contributed by atoms with Crippen molar-refractivity contribution in [3.8, 4) is 11.5 Å². The van der Waals surface area contributed by atoms with E-state index in [0.717, 1.165) is 4.90 Å². The topological polar surface area (TPSA) is 154 Å². The van der Waals surface area contributed by atoms with Crippen LogP contribution in [0, 0.1) is 0 Å². The highest BCUT2D eigenvalue weighted by atomic mass is 32.2. The third kappa shape index (κ3) is 4.88. The first-order valence-electron chi connectivity index (χ1n) is 9.34. The maximum Gasteiger partial charge on any atom is 0.327 e. The van der Waals surface area contributed by atoms with Gasteiger partial charge in [0, 0.05) is 7.05 Å². The first kappa shape index (κ1) is 23.2. The summed E-state index contributed by atoms with van der Waals surface area (Å²) in [6, 6.07) is 13.2. The molecule has 32 heavy (non-hydrogen) atoms. The minimum atomic E-state index is -4.29. The number of likely N-dealkylation sites (N-methyl/N-ethyl adjacent to an activating group) is 1. The number of benzene rings is 2. The Kier molecular flexibility index (Phi) is 6.48. The second-order valence-electron chi connectivity index (χ2n) is 7.24. The van der Waals surface area contributed by atoms with E-state index >= 15 is 0 Å². The van der Waals surface area contributed by atoms with Crippen molar-refractivity contribution in [2.45, 2.75) is 10.5 Å². The monoisotopic (exact) mass is 463 g/mol. The largest absolute Gasteiger partial charge is 0.457 e. The smallest absolute Gasteiger partial charge is 0.327 e. The Morgan fingerprint density at radius 1 is 1.09 bits per heavy atom. The molecule has 12 heteroatoms. The molecule has 4 amide bonds. The summed E-state index contributed by atoms with van der Waals surface area (Å²) in [5.74, 6) is -2.48. The Bertz CT molecular complexity index is 1120. The molecule has 0 radical (unpaired) electrons. The Hall–Kier alpha value is -3.48. The maximum absolute atomic E-state index is 12.9. The standard InChI is InChI=1S/C20H21N3O8S/c1-22-11-17(24)23(19(22)26)12-20(27,18(25)21-28)13-32(29,30)16-9-7-15(8-10-16)31-14-5-3-2-4-6-14/h2-10,27-28H,11-13H2,1H3,(H,21,25). The lowest BCUT2D eigenvalue weighted by atomic mass is 10.1. The van der Waals surface area contributed by atoms with E-state index < -0.39 is 45.6 Å². The molecule has 1 atom stereocenters. The van der Waals surface area contributed by atoms with Crippen LogP contribution in [0.1, 0.15) is 0 Å². The van der Waals surface area contributed by atoms with E-state index in [1.807, 2.05) is 6.07 Å². The first-order valence-corrected chi connectivity index (χ1v) is 11.0. The number of urea groups is 1. The van der Waals surface area contributed by atoms with Gasteiger partial charge in [-0.05, 0) is 36.4 Å². The van der Waals surface area contributed by atoms with Gasteiger partial charge in [-0.2, -0.15) is 0 Å². The summed E-state index contributed by atoms with van der Waals surface area (Å²) in [7, 11) is -2.96. The SMILES string of the molecule is CN1CC(=O)N(CC(O)(CS(=O)(=O)c2ccc(Oc3ccccc3)cc2)C(=O)NO)C1=O. The van der Waals surface area contributed by atoms with E-state index in [4.69, 9.17) is 9.94 Å². The predicted octanol–water partition coefficient (Wildman–Crippen LogP) is 0.383. The summed E-state index contributed by atoms with van der Waals surface area (Å²) in [6.07, 6.45) is 0. The average Bonchev–Trinajstić information content (AvgIpc) is 2.99. The number of carbonyl (C=O) groups excluding carboxylic acids is 3. The zero-order valence-electron chi connectivity index (χ0n) is 17.0. The molecule has 1 heterocycles. The van der Waals surface area contributed by atoms with E-state index in [1.165, 1.54) is 36.8 Å². The van der Waals surface area contributed by atoms with E-state index in [1.54, 1.807) is 24.3 Å². The number of sulfone groups is 1. The van der Waals surface area contributed by atoms with Crippen LogP contribution in [0.3, 0.4) is 0 Å². The third-order valence-corrected chi connectivity index (χ3v) is 6.61. The zero-order valence-corrected chi connectivity index (χ0v) is 17.8. The number of nitrogens with zero attached hydrogens (tertiary/aromatic N) is 2. The van der Waals surface area contributed by atoms with Crippen LogP contribution in [-0.4, -0.2) is 77.9 Å². The molecule has 170 valence electrons. The minimum absolute atomic E-state index is 0.238. The molecular formula is C20H21N3O8S. The number of amides is 4. The molecule has 2 aromatic carbocycles. The molecule has 1 unspecified atom stereocenters. The van der Waals surface area contributed by atoms with Crippen LogP contribution in [0.5, 0.6) is 11.5 Å². The number of carbonyl (C=O) groups is 3. The second-order valence-corrected chi connectivity index (χ2v) is 9.23. The summed E-state index contributed by atoms with van der Waals surface area (Å²) >= 11 is 0. The number of β-amino-alcohol motifs (C(OH)–C–C–N with tert-alkyl or cyclic N) is 1. The van der Waals surface area contributed by atoms with Gasteiger partial charge in [-0.3, -0.25) is 19.7 Å². The van der Waals surface area contributed by atoms with Crippen LogP contribution in [0.25, 0.3) is 0 Å². The molecule has 11 nitrogen and oxygen atoms in total. The molecule has 0 aliphatic carbocycles. The van der Waals surface area contributed by atoms with Crippen LogP contribution in [0.15, 0.2) is 59.5 Å². The van der Waals surface area contributed by atoms with Crippen molar-refractivity contribution >= 4 is 27.7 Å². The van der Waals surface area contributed by atoms with Crippen molar-refractivity contribution in [1.29, 1.82) is 0 Å². The Morgan fingerprint density at radius 2 is 1.69 bits per heavy atom. The molecule has 0 spiro atoms. The number of hydrogen-bond donors (Lipinski definition) is 3. The number of para-hydroxylation sites is 1. The fraction of sp³-hybridized carbons (Fsp3) is 0.250. The molecule has 1 fully saturated rings. The number of hydroxylamine groups is 1. The van der Waals surface area contributed by atoms with Crippen molar-refractivity contribution in [2.75, 3.05) is 25.9 Å². The molecule has 0 aromatic heterocycles. The number of rotatable bonds is 8. The van der Waals surface area contributed by atoms with Gasteiger partial charge in [-0.25, -0.2) is 18.7 Å². The van der Waals surface area contributed by atoms with Gasteiger partial charge in [0.2, 0.25) is 5.91 Å². The van der Waals surface area contributed by atoms with Crippen LogP contribution in [0.4, 0.5) is 4.79 Å². The summed E-state index contributed by atoms with van der Waals surface area (Å²) in [5.41, 5.74) is -1.59. The molecule has 2 aromatic rings. The van der Waals surface area contributed by atoms with Crippen molar-refractivity contribution < 1.29 is 37.9 Å². The van der Waals surface area contributed by atoms with Crippen molar-refractivity contribution in [2.24, 2.45) is 0 Å². The number of hydrogen-bond acceptors (Lipinski definition) is 8. The van der Waals surface area contributed by atoms with Crippen LogP contribution in [-0.2, 0) is 19.4 Å². The van der Waals surface area contributed by atoms with Gasteiger partial charge in [0.15, 0.2) is 15.4 Å². The molecule has 0 saturated carbocycles. The highest BCUT2D eigenvalue weighted by Crippen LogP contribution is 2.25. The Balaban J connectivity index is 1.81. The second kappa shape index (κ2) is 8.94. The summed E-state index contributed by atoms with van der Waals surface area (Å²) in [5, 5.41) is 19.8. The summed E-state index contributed by atoms with van der Waals surface area (Å²) in [6.45, 7) is -1.24. The number of aliphatic hydroxyl groups is 1. The van der Waals surface area contributed by atoms with Gasteiger partial charge in [-0.1, -0.05) is 18.2 Å². The molecule has 1 aliphatic heterocycles. The Labute approximate surface area is 183 Å². The molecular weight excluding hydrogens is 442 g/mol. The van der Waals surface area contributed by atoms with Crippen LogP contribution in [0.2, 0.25) is 0 Å². The predicted molar refractivity (Wildman–Crippen MR) is 110 cm³/mol. The van der Waals surface area contributed by atoms with E-state index in [0.29, 0.717) is 16.4 Å². The van der Waals surface area contributed by atoms with Gasteiger partial charge < -0.3 is 14.7 Å². The van der Waals surface area contributed by atoms with Crippen molar-refractivity contribution in [3.05, 3.63) is 54.6 Å². The van der Waals surface area contributed by atoms with Crippen molar-refractivity contribution in [3.63, 3.8) is 0 Å². The molecule has 1 aliphatic rings. The minimum Gasteiger partial charge on any atom is -0.457 e. The van der Waals surface area contributed by atoms with Crippen molar-refractivity contribution in [1.82, 2.24) is 15.3 Å². The summed E-state index contributed by atoms with van der Waals surface area (Å²) < 4.78 is 31.4. The fourth-order valence-corrected chi connectivity index (χ4v) is 4.68.